The number of hydrogen-bond acceptors (Lipinski definition) is 3. The summed E-state index contributed by atoms with van der Waals surface area (Å²) in [7, 11) is 0. The molecule has 0 amide bonds. The fraction of sp³-hybridized carbons (Fsp3) is 0.583. The van der Waals surface area contributed by atoms with Gasteiger partial charge < -0.3 is 20.1 Å². The molecule has 0 saturated carbocycles. The third-order valence-electron chi connectivity index (χ3n) is 5.89. The number of aromatic nitrogens is 2. The van der Waals surface area contributed by atoms with Crippen LogP contribution in [0.15, 0.2) is 41.7 Å². The Balaban J connectivity index is 1.49. The molecular formula is C24H38N6. The predicted molar refractivity (Wildman–Crippen MR) is 125 cm³/mol. The second kappa shape index (κ2) is 11.7. The molecule has 2 N–H and O–H groups in total. The van der Waals surface area contributed by atoms with Crippen molar-refractivity contribution in [3.8, 4) is 0 Å². The normalized spacial score (nSPS) is 17.8. The van der Waals surface area contributed by atoms with Crippen LogP contribution in [0, 0.1) is 6.92 Å². The second-order valence-electron chi connectivity index (χ2n) is 8.28. The Morgan fingerprint density at radius 1 is 1.23 bits per heavy atom. The van der Waals surface area contributed by atoms with Crippen molar-refractivity contribution in [2.45, 2.75) is 65.6 Å². The van der Waals surface area contributed by atoms with Crippen molar-refractivity contribution in [1.82, 2.24) is 25.1 Å². The van der Waals surface area contributed by atoms with Crippen LogP contribution in [0.2, 0.25) is 0 Å². The number of guanidine groups is 1. The van der Waals surface area contributed by atoms with Crippen molar-refractivity contribution in [2.75, 3.05) is 26.2 Å². The van der Waals surface area contributed by atoms with Gasteiger partial charge in [-0.15, -0.1) is 0 Å². The maximum Gasteiger partial charge on any atom is 0.191 e. The van der Waals surface area contributed by atoms with Crippen LogP contribution in [-0.2, 0) is 13.1 Å². The van der Waals surface area contributed by atoms with E-state index in [1.807, 2.05) is 19.3 Å². The summed E-state index contributed by atoms with van der Waals surface area (Å²) < 4.78 is 2.16. The zero-order valence-corrected chi connectivity index (χ0v) is 18.9. The molecule has 0 spiro atoms. The SMILES string of the molecule is CCNC(=NCc1cccc(Cn2ccnc2C)c1)NCCCN1CCCCC1C. The molecule has 6 heteroatoms. The Hall–Kier alpha value is -2.34. The molecule has 1 atom stereocenters. The average Bonchev–Trinajstić information content (AvgIpc) is 3.15. The zero-order chi connectivity index (χ0) is 21.2. The van der Waals surface area contributed by atoms with Gasteiger partial charge in [-0.3, -0.25) is 0 Å². The number of nitrogens with zero attached hydrogens (tertiary/aromatic N) is 4. The number of rotatable bonds is 9. The maximum atomic E-state index is 4.80. The highest BCUT2D eigenvalue weighted by Gasteiger charge is 2.17. The van der Waals surface area contributed by atoms with Crippen molar-refractivity contribution in [3.63, 3.8) is 0 Å². The summed E-state index contributed by atoms with van der Waals surface area (Å²) in [5.41, 5.74) is 2.50. The smallest absolute Gasteiger partial charge is 0.191 e. The van der Waals surface area contributed by atoms with Crippen molar-refractivity contribution in [3.05, 3.63) is 53.6 Å². The van der Waals surface area contributed by atoms with E-state index in [9.17, 15) is 0 Å². The average molecular weight is 411 g/mol. The summed E-state index contributed by atoms with van der Waals surface area (Å²) in [5, 5.41) is 6.88. The number of imidazole rings is 1. The van der Waals surface area contributed by atoms with Gasteiger partial charge in [0.05, 0.1) is 6.54 Å². The highest BCUT2D eigenvalue weighted by Crippen LogP contribution is 2.16. The molecule has 30 heavy (non-hydrogen) atoms. The highest BCUT2D eigenvalue weighted by molar-refractivity contribution is 5.79. The van der Waals surface area contributed by atoms with Crippen LogP contribution in [0.5, 0.6) is 0 Å². The van der Waals surface area contributed by atoms with E-state index in [-0.39, 0.29) is 0 Å². The molecule has 0 aliphatic carbocycles. The van der Waals surface area contributed by atoms with E-state index < -0.39 is 0 Å². The molecule has 1 fully saturated rings. The minimum Gasteiger partial charge on any atom is -0.357 e. The zero-order valence-electron chi connectivity index (χ0n) is 18.9. The molecule has 0 radical (unpaired) electrons. The Morgan fingerprint density at radius 2 is 2.10 bits per heavy atom. The van der Waals surface area contributed by atoms with Gasteiger partial charge in [-0.2, -0.15) is 0 Å². The van der Waals surface area contributed by atoms with Gasteiger partial charge in [-0.05, 0) is 57.7 Å². The summed E-state index contributed by atoms with van der Waals surface area (Å²) in [6.45, 7) is 12.3. The number of hydrogen-bond donors (Lipinski definition) is 2. The molecule has 1 aliphatic rings. The molecule has 2 aromatic rings. The quantitative estimate of drug-likeness (QED) is 0.377. The maximum absolute atomic E-state index is 4.80. The molecule has 1 aromatic heterocycles. The van der Waals surface area contributed by atoms with Gasteiger partial charge in [-0.1, -0.05) is 30.7 Å². The van der Waals surface area contributed by atoms with Gasteiger partial charge in [0.2, 0.25) is 0 Å². The molecular weight excluding hydrogens is 372 g/mol. The standard InChI is InChI=1S/C24H38N6/c1-4-25-24(27-12-8-15-29-14-6-5-9-20(29)2)28-18-22-10-7-11-23(17-22)19-30-16-13-26-21(30)3/h7,10-11,13,16-17,20H,4-6,8-9,12,14-15,18-19H2,1-3H3,(H2,25,27,28). The number of aliphatic imine (C=N–C) groups is 1. The van der Waals surface area contributed by atoms with Crippen LogP contribution in [0.1, 0.15) is 56.5 Å². The third-order valence-corrected chi connectivity index (χ3v) is 5.89. The molecule has 1 aromatic carbocycles. The molecule has 164 valence electrons. The van der Waals surface area contributed by atoms with Crippen molar-refractivity contribution < 1.29 is 0 Å². The molecule has 6 nitrogen and oxygen atoms in total. The summed E-state index contributed by atoms with van der Waals surface area (Å²) in [5.74, 6) is 1.94. The summed E-state index contributed by atoms with van der Waals surface area (Å²) in [4.78, 5) is 11.7. The lowest BCUT2D eigenvalue weighted by Gasteiger charge is -2.33. The van der Waals surface area contributed by atoms with Crippen LogP contribution < -0.4 is 10.6 Å². The van der Waals surface area contributed by atoms with Crippen LogP contribution in [0.4, 0.5) is 0 Å². The van der Waals surface area contributed by atoms with E-state index in [1.54, 1.807) is 0 Å². The highest BCUT2D eigenvalue weighted by atomic mass is 15.2. The molecule has 1 unspecified atom stereocenters. The number of piperidine rings is 1. The lowest BCUT2D eigenvalue weighted by molar-refractivity contribution is 0.159. The van der Waals surface area contributed by atoms with Gasteiger partial charge in [-0.25, -0.2) is 9.98 Å². The van der Waals surface area contributed by atoms with E-state index in [0.717, 1.165) is 43.9 Å². The van der Waals surface area contributed by atoms with Gasteiger partial charge in [0.15, 0.2) is 5.96 Å². The Kier molecular flexibility index (Phi) is 8.75. The summed E-state index contributed by atoms with van der Waals surface area (Å²) in [6.07, 6.45) is 9.10. The van der Waals surface area contributed by atoms with Gasteiger partial charge >= 0.3 is 0 Å². The van der Waals surface area contributed by atoms with Gasteiger partial charge in [0, 0.05) is 44.6 Å². The fourth-order valence-corrected chi connectivity index (χ4v) is 4.08. The minimum absolute atomic E-state index is 0.676. The first-order chi connectivity index (χ1) is 14.7. The second-order valence-corrected chi connectivity index (χ2v) is 8.28. The van der Waals surface area contributed by atoms with Crippen LogP contribution in [0.3, 0.4) is 0 Å². The summed E-state index contributed by atoms with van der Waals surface area (Å²) >= 11 is 0. The van der Waals surface area contributed by atoms with E-state index >= 15 is 0 Å². The molecule has 3 rings (SSSR count). The van der Waals surface area contributed by atoms with E-state index in [1.165, 1.54) is 43.5 Å². The van der Waals surface area contributed by atoms with Crippen LogP contribution in [0.25, 0.3) is 0 Å². The number of nitrogens with one attached hydrogen (secondary N) is 2. The number of likely N-dealkylation sites (tertiary alicyclic amines) is 1. The molecule has 1 aliphatic heterocycles. The monoisotopic (exact) mass is 410 g/mol. The predicted octanol–water partition coefficient (Wildman–Crippen LogP) is 3.56. The lowest BCUT2D eigenvalue weighted by Crippen LogP contribution is -2.41. The fourth-order valence-electron chi connectivity index (χ4n) is 4.08. The minimum atomic E-state index is 0.676. The van der Waals surface area contributed by atoms with Crippen molar-refractivity contribution >= 4 is 5.96 Å². The largest absolute Gasteiger partial charge is 0.357 e. The number of aryl methyl sites for hydroxylation is 1. The van der Waals surface area contributed by atoms with Crippen molar-refractivity contribution in [2.24, 2.45) is 4.99 Å². The Morgan fingerprint density at radius 3 is 2.87 bits per heavy atom. The van der Waals surface area contributed by atoms with E-state index in [0.29, 0.717) is 6.54 Å². The first kappa shape index (κ1) is 22.3. The number of benzene rings is 1. The Labute approximate surface area is 181 Å². The first-order valence-corrected chi connectivity index (χ1v) is 11.5. The lowest BCUT2D eigenvalue weighted by atomic mass is 10.0. The molecule has 0 bridgehead atoms. The third kappa shape index (κ3) is 6.87. The van der Waals surface area contributed by atoms with Crippen LogP contribution in [-0.4, -0.2) is 52.6 Å². The Bertz CT molecular complexity index is 796. The first-order valence-electron chi connectivity index (χ1n) is 11.5. The van der Waals surface area contributed by atoms with E-state index in [4.69, 9.17) is 4.99 Å². The topological polar surface area (TPSA) is 57.5 Å². The summed E-state index contributed by atoms with van der Waals surface area (Å²) in [6, 6.07) is 9.41. The van der Waals surface area contributed by atoms with Gasteiger partial charge in [0.1, 0.15) is 5.82 Å². The molecule has 2 heterocycles. The van der Waals surface area contributed by atoms with E-state index in [2.05, 4.69) is 63.2 Å². The van der Waals surface area contributed by atoms with Gasteiger partial charge in [0.25, 0.3) is 0 Å². The van der Waals surface area contributed by atoms with Crippen LogP contribution >= 0.6 is 0 Å². The van der Waals surface area contributed by atoms with Crippen molar-refractivity contribution in [1.29, 1.82) is 0 Å². The molecule has 1 saturated heterocycles.